The van der Waals surface area contributed by atoms with Gasteiger partial charge in [0.25, 0.3) is 5.91 Å². The predicted octanol–water partition coefficient (Wildman–Crippen LogP) is 1.81. The van der Waals surface area contributed by atoms with Crippen LogP contribution in [0.15, 0.2) is 16.6 Å². The van der Waals surface area contributed by atoms with Crippen LogP contribution in [0.5, 0.6) is 11.5 Å². The first-order chi connectivity index (χ1) is 10.7. The van der Waals surface area contributed by atoms with Gasteiger partial charge in [0.15, 0.2) is 17.1 Å². The average Bonchev–Trinajstić information content (AvgIpc) is 2.50. The van der Waals surface area contributed by atoms with Gasteiger partial charge < -0.3 is 25.0 Å². The van der Waals surface area contributed by atoms with Crippen LogP contribution < -0.4 is 14.8 Å². The van der Waals surface area contributed by atoms with Crippen LogP contribution in [0, 0.1) is 0 Å². The lowest BCUT2D eigenvalue weighted by molar-refractivity contribution is -0.155. The first kappa shape index (κ1) is 19.2. The van der Waals surface area contributed by atoms with E-state index in [1.165, 1.54) is 13.2 Å². The molecule has 8 heteroatoms. The number of hydrogen-bond donors (Lipinski definition) is 3. The standard InChI is InChI=1S/C15H20BrNO6/c1-4-5-23-12-10(16)6-9(7-11(12)22-3)13(18)17-8-15(2,21)14(19)20/h6-7,21H,4-5,8H2,1-3H3,(H,17,18)(H,19,20). The van der Waals surface area contributed by atoms with Gasteiger partial charge in [-0.25, -0.2) is 4.79 Å². The summed E-state index contributed by atoms with van der Waals surface area (Å²) in [6, 6.07) is 3.03. The maximum absolute atomic E-state index is 12.1. The van der Waals surface area contributed by atoms with Crippen LogP contribution in [0.2, 0.25) is 0 Å². The maximum atomic E-state index is 12.1. The Hall–Kier alpha value is -1.80. The first-order valence-corrected chi connectivity index (χ1v) is 7.76. The highest BCUT2D eigenvalue weighted by Crippen LogP contribution is 2.36. The molecule has 0 aliphatic carbocycles. The molecule has 0 fully saturated rings. The topological polar surface area (TPSA) is 105 Å². The lowest BCUT2D eigenvalue weighted by Crippen LogP contribution is -2.46. The Morgan fingerprint density at radius 1 is 1.39 bits per heavy atom. The molecule has 0 bridgehead atoms. The summed E-state index contributed by atoms with van der Waals surface area (Å²) < 4.78 is 11.3. The number of carbonyl (C=O) groups excluding carboxylic acids is 1. The molecule has 0 heterocycles. The molecule has 1 aromatic rings. The zero-order chi connectivity index (χ0) is 17.6. The lowest BCUT2D eigenvalue weighted by Gasteiger charge is -2.19. The van der Waals surface area contributed by atoms with E-state index in [1.54, 1.807) is 6.07 Å². The van der Waals surface area contributed by atoms with E-state index in [-0.39, 0.29) is 5.56 Å². The number of methoxy groups -OCH3 is 1. The van der Waals surface area contributed by atoms with Crippen molar-refractivity contribution in [3.8, 4) is 11.5 Å². The summed E-state index contributed by atoms with van der Waals surface area (Å²) in [5, 5.41) is 20.8. The Labute approximate surface area is 142 Å². The number of aliphatic hydroxyl groups is 1. The molecule has 0 aliphatic rings. The summed E-state index contributed by atoms with van der Waals surface area (Å²) >= 11 is 3.32. The van der Waals surface area contributed by atoms with Crippen molar-refractivity contribution in [3.05, 3.63) is 22.2 Å². The minimum Gasteiger partial charge on any atom is -0.493 e. The van der Waals surface area contributed by atoms with E-state index < -0.39 is 24.0 Å². The van der Waals surface area contributed by atoms with Crippen molar-refractivity contribution >= 4 is 27.8 Å². The van der Waals surface area contributed by atoms with Gasteiger partial charge in [-0.3, -0.25) is 4.79 Å². The largest absolute Gasteiger partial charge is 0.493 e. The van der Waals surface area contributed by atoms with Crippen molar-refractivity contribution in [2.45, 2.75) is 25.9 Å². The first-order valence-electron chi connectivity index (χ1n) is 6.97. The Morgan fingerprint density at radius 3 is 2.57 bits per heavy atom. The number of carboxylic acid groups (broad SMARTS) is 1. The zero-order valence-electron chi connectivity index (χ0n) is 13.2. The Morgan fingerprint density at radius 2 is 2.04 bits per heavy atom. The highest BCUT2D eigenvalue weighted by Gasteiger charge is 2.30. The molecule has 0 radical (unpaired) electrons. The molecule has 128 valence electrons. The van der Waals surface area contributed by atoms with Crippen LogP contribution in [0.1, 0.15) is 30.6 Å². The third-order valence-electron chi connectivity index (χ3n) is 3.00. The van der Waals surface area contributed by atoms with Crippen LogP contribution >= 0.6 is 15.9 Å². The predicted molar refractivity (Wildman–Crippen MR) is 87.1 cm³/mol. The average molecular weight is 390 g/mol. The van der Waals surface area contributed by atoms with E-state index in [0.29, 0.717) is 22.6 Å². The molecule has 1 unspecified atom stereocenters. The van der Waals surface area contributed by atoms with Gasteiger partial charge in [0.05, 0.1) is 24.7 Å². The van der Waals surface area contributed by atoms with E-state index in [2.05, 4.69) is 21.2 Å². The number of hydrogen-bond acceptors (Lipinski definition) is 5. The number of carbonyl (C=O) groups is 2. The maximum Gasteiger partial charge on any atom is 0.337 e. The summed E-state index contributed by atoms with van der Waals surface area (Å²) in [6.07, 6.45) is 0.822. The molecule has 0 saturated carbocycles. The van der Waals surface area contributed by atoms with Gasteiger partial charge in [-0.05, 0) is 41.4 Å². The van der Waals surface area contributed by atoms with Gasteiger partial charge >= 0.3 is 5.97 Å². The number of aliphatic carboxylic acids is 1. The van der Waals surface area contributed by atoms with Gasteiger partial charge in [-0.15, -0.1) is 0 Å². The Balaban J connectivity index is 2.94. The molecule has 0 saturated heterocycles. The Bertz CT molecular complexity index is 588. The molecule has 0 aromatic heterocycles. The van der Waals surface area contributed by atoms with Crippen LogP contribution in [0.3, 0.4) is 0 Å². The number of ether oxygens (including phenoxy) is 2. The van der Waals surface area contributed by atoms with E-state index in [1.807, 2.05) is 6.92 Å². The smallest absolute Gasteiger partial charge is 0.337 e. The van der Waals surface area contributed by atoms with Crippen molar-refractivity contribution in [1.29, 1.82) is 0 Å². The lowest BCUT2D eigenvalue weighted by atomic mass is 10.1. The fourth-order valence-electron chi connectivity index (χ4n) is 1.63. The summed E-state index contributed by atoms with van der Waals surface area (Å²) in [5.41, 5.74) is -1.79. The number of rotatable bonds is 8. The van der Waals surface area contributed by atoms with E-state index >= 15 is 0 Å². The normalized spacial score (nSPS) is 13.1. The van der Waals surface area contributed by atoms with Gasteiger partial charge in [-0.2, -0.15) is 0 Å². The molecular formula is C15H20BrNO6. The van der Waals surface area contributed by atoms with Crippen molar-refractivity contribution in [3.63, 3.8) is 0 Å². The van der Waals surface area contributed by atoms with Gasteiger partial charge in [0.1, 0.15) is 0 Å². The molecule has 3 N–H and O–H groups in total. The van der Waals surface area contributed by atoms with Crippen molar-refractivity contribution < 1.29 is 29.3 Å². The number of carboxylic acids is 1. The van der Waals surface area contributed by atoms with Crippen LogP contribution in [-0.2, 0) is 4.79 Å². The van der Waals surface area contributed by atoms with E-state index in [9.17, 15) is 14.7 Å². The van der Waals surface area contributed by atoms with Crippen molar-refractivity contribution in [1.82, 2.24) is 5.32 Å². The van der Waals surface area contributed by atoms with Crippen LogP contribution in [-0.4, -0.2) is 48.0 Å². The van der Waals surface area contributed by atoms with Crippen molar-refractivity contribution in [2.75, 3.05) is 20.3 Å². The minimum atomic E-state index is -2.04. The quantitative estimate of drug-likeness (QED) is 0.626. The Kier molecular flexibility index (Phi) is 6.83. The summed E-state index contributed by atoms with van der Waals surface area (Å²) in [6.45, 7) is 3.15. The fraction of sp³-hybridized carbons (Fsp3) is 0.467. The number of halogens is 1. The van der Waals surface area contributed by atoms with Gasteiger partial charge in [0.2, 0.25) is 0 Å². The monoisotopic (exact) mass is 389 g/mol. The number of benzene rings is 1. The minimum absolute atomic E-state index is 0.249. The summed E-state index contributed by atoms with van der Waals surface area (Å²) in [4.78, 5) is 23.0. The number of amides is 1. The number of nitrogens with one attached hydrogen (secondary N) is 1. The molecule has 23 heavy (non-hydrogen) atoms. The molecular weight excluding hydrogens is 370 g/mol. The van der Waals surface area contributed by atoms with Crippen molar-refractivity contribution in [2.24, 2.45) is 0 Å². The second-order valence-corrected chi connectivity index (χ2v) is 5.95. The molecule has 7 nitrogen and oxygen atoms in total. The van der Waals surface area contributed by atoms with E-state index in [0.717, 1.165) is 13.3 Å². The molecule has 1 atom stereocenters. The molecule has 0 spiro atoms. The molecule has 1 amide bonds. The van der Waals surface area contributed by atoms with E-state index in [4.69, 9.17) is 14.6 Å². The fourth-order valence-corrected chi connectivity index (χ4v) is 2.18. The summed E-state index contributed by atoms with van der Waals surface area (Å²) in [5.74, 6) is -1.08. The second kappa shape index (κ2) is 8.16. The molecule has 1 aromatic carbocycles. The van der Waals surface area contributed by atoms with Crippen LogP contribution in [0.25, 0.3) is 0 Å². The summed E-state index contributed by atoms with van der Waals surface area (Å²) in [7, 11) is 1.46. The van der Waals surface area contributed by atoms with Crippen LogP contribution in [0.4, 0.5) is 0 Å². The third kappa shape index (κ3) is 5.11. The second-order valence-electron chi connectivity index (χ2n) is 5.10. The molecule has 0 aliphatic heterocycles. The van der Waals surface area contributed by atoms with Gasteiger partial charge in [-0.1, -0.05) is 6.92 Å². The highest BCUT2D eigenvalue weighted by atomic mass is 79.9. The molecule has 1 rings (SSSR count). The highest BCUT2D eigenvalue weighted by molar-refractivity contribution is 9.10. The SMILES string of the molecule is CCCOc1c(Br)cc(C(=O)NCC(C)(O)C(=O)O)cc1OC. The third-order valence-corrected chi connectivity index (χ3v) is 3.59. The van der Waals surface area contributed by atoms with Gasteiger partial charge in [0, 0.05) is 5.56 Å². The zero-order valence-corrected chi connectivity index (χ0v) is 14.8.